The van der Waals surface area contributed by atoms with Crippen LogP contribution in [0.1, 0.15) is 21.6 Å². The molecular weight excluding hydrogens is 216 g/mol. The summed E-state index contributed by atoms with van der Waals surface area (Å²) in [4.78, 5) is 17.9. The molecule has 0 spiro atoms. The van der Waals surface area contributed by atoms with Gasteiger partial charge in [-0.15, -0.1) is 0 Å². The lowest BCUT2D eigenvalue weighted by Crippen LogP contribution is -2.27. The molecule has 0 aliphatic rings. The zero-order valence-corrected chi connectivity index (χ0v) is 9.84. The first-order valence-corrected chi connectivity index (χ1v) is 5.33. The van der Waals surface area contributed by atoms with E-state index in [1.165, 1.54) is 0 Å². The van der Waals surface area contributed by atoms with Gasteiger partial charge in [0, 0.05) is 31.5 Å². The van der Waals surface area contributed by atoms with Crippen LogP contribution in [0, 0.1) is 6.92 Å². The number of carbonyl (C=O) groups is 1. The van der Waals surface area contributed by atoms with Crippen LogP contribution in [-0.4, -0.2) is 33.0 Å². The molecular formula is C12H14N4O. The summed E-state index contributed by atoms with van der Waals surface area (Å²) in [6, 6.07) is 3.70. The van der Waals surface area contributed by atoms with Gasteiger partial charge in [0.15, 0.2) is 0 Å². The van der Waals surface area contributed by atoms with Crippen molar-refractivity contribution in [1.29, 1.82) is 0 Å². The molecule has 0 bridgehead atoms. The molecule has 2 heterocycles. The number of amides is 1. The lowest BCUT2D eigenvalue weighted by molar-refractivity contribution is 0.0778. The predicted octanol–water partition coefficient (Wildman–Crippen LogP) is 1.39. The maximum atomic E-state index is 12.1. The van der Waals surface area contributed by atoms with Gasteiger partial charge < -0.3 is 4.90 Å². The van der Waals surface area contributed by atoms with E-state index in [9.17, 15) is 4.79 Å². The summed E-state index contributed by atoms with van der Waals surface area (Å²) in [6.07, 6.45) is 5.11. The number of aryl methyl sites for hydroxylation is 1. The van der Waals surface area contributed by atoms with Crippen molar-refractivity contribution in [3.63, 3.8) is 0 Å². The van der Waals surface area contributed by atoms with Gasteiger partial charge in [0.25, 0.3) is 5.91 Å². The van der Waals surface area contributed by atoms with Gasteiger partial charge in [-0.2, -0.15) is 5.10 Å². The average molecular weight is 230 g/mol. The van der Waals surface area contributed by atoms with Gasteiger partial charge in [0.2, 0.25) is 0 Å². The number of carbonyl (C=O) groups excluding carboxylic acids is 1. The Morgan fingerprint density at radius 2 is 2.35 bits per heavy atom. The molecule has 17 heavy (non-hydrogen) atoms. The van der Waals surface area contributed by atoms with Crippen LogP contribution in [0.4, 0.5) is 0 Å². The number of nitrogens with zero attached hydrogens (tertiary/aromatic N) is 3. The highest BCUT2D eigenvalue weighted by Crippen LogP contribution is 2.08. The third kappa shape index (κ3) is 2.50. The molecule has 5 nitrogen and oxygen atoms in total. The average Bonchev–Trinajstić information content (AvgIpc) is 2.81. The molecule has 0 radical (unpaired) electrons. The van der Waals surface area contributed by atoms with Crippen molar-refractivity contribution >= 4 is 5.91 Å². The molecule has 1 amide bonds. The van der Waals surface area contributed by atoms with Crippen LogP contribution in [0.25, 0.3) is 0 Å². The summed E-state index contributed by atoms with van der Waals surface area (Å²) in [6.45, 7) is 2.40. The summed E-state index contributed by atoms with van der Waals surface area (Å²) < 4.78 is 0. The Morgan fingerprint density at radius 3 is 3.00 bits per heavy atom. The van der Waals surface area contributed by atoms with Crippen molar-refractivity contribution in [2.45, 2.75) is 13.5 Å². The minimum Gasteiger partial charge on any atom is -0.336 e. The minimum atomic E-state index is -0.0794. The van der Waals surface area contributed by atoms with Crippen molar-refractivity contribution in [2.24, 2.45) is 0 Å². The minimum absolute atomic E-state index is 0.0794. The van der Waals surface area contributed by atoms with E-state index < -0.39 is 0 Å². The predicted molar refractivity (Wildman–Crippen MR) is 63.4 cm³/mol. The van der Waals surface area contributed by atoms with E-state index in [1.54, 1.807) is 30.5 Å². The highest BCUT2D eigenvalue weighted by molar-refractivity contribution is 5.93. The number of hydrogen-bond donors (Lipinski definition) is 1. The molecule has 0 aliphatic carbocycles. The normalized spacial score (nSPS) is 10.2. The Balaban J connectivity index is 2.13. The fourth-order valence-corrected chi connectivity index (χ4v) is 1.60. The maximum Gasteiger partial charge on any atom is 0.272 e. The van der Waals surface area contributed by atoms with E-state index in [4.69, 9.17) is 0 Å². The van der Waals surface area contributed by atoms with Gasteiger partial charge in [-0.05, 0) is 18.6 Å². The second-order valence-electron chi connectivity index (χ2n) is 3.94. The Kier molecular flexibility index (Phi) is 3.18. The second-order valence-corrected chi connectivity index (χ2v) is 3.94. The molecule has 5 heteroatoms. The second kappa shape index (κ2) is 4.78. The number of aromatic amines is 1. The molecule has 0 unspecified atom stereocenters. The summed E-state index contributed by atoms with van der Waals surface area (Å²) in [5, 5.41) is 6.57. The quantitative estimate of drug-likeness (QED) is 0.866. The van der Waals surface area contributed by atoms with Crippen molar-refractivity contribution in [2.75, 3.05) is 7.05 Å². The van der Waals surface area contributed by atoms with Gasteiger partial charge in [0.1, 0.15) is 5.69 Å². The third-order valence-electron chi connectivity index (χ3n) is 2.53. The standard InChI is InChI=1S/C12H14N4O/c1-9-4-3-5-13-11(9)12(17)16(2)8-10-6-14-15-7-10/h3-7H,8H2,1-2H3,(H,14,15). The number of hydrogen-bond acceptors (Lipinski definition) is 3. The summed E-state index contributed by atoms with van der Waals surface area (Å²) in [7, 11) is 1.75. The summed E-state index contributed by atoms with van der Waals surface area (Å²) in [5.41, 5.74) is 2.35. The van der Waals surface area contributed by atoms with Crippen LogP contribution in [-0.2, 0) is 6.54 Å². The molecule has 1 N–H and O–H groups in total. The molecule has 2 aromatic heterocycles. The monoisotopic (exact) mass is 230 g/mol. The molecule has 0 aromatic carbocycles. The number of rotatable bonds is 3. The van der Waals surface area contributed by atoms with E-state index in [-0.39, 0.29) is 5.91 Å². The van der Waals surface area contributed by atoms with Crippen molar-refractivity contribution in [1.82, 2.24) is 20.1 Å². The highest BCUT2D eigenvalue weighted by atomic mass is 16.2. The van der Waals surface area contributed by atoms with E-state index >= 15 is 0 Å². The van der Waals surface area contributed by atoms with Gasteiger partial charge >= 0.3 is 0 Å². The zero-order valence-electron chi connectivity index (χ0n) is 9.84. The molecule has 0 fully saturated rings. The molecule has 0 aliphatic heterocycles. The van der Waals surface area contributed by atoms with Crippen molar-refractivity contribution in [3.05, 3.63) is 47.5 Å². The fraction of sp³-hybridized carbons (Fsp3) is 0.250. The van der Waals surface area contributed by atoms with Crippen LogP contribution >= 0.6 is 0 Å². The number of H-pyrrole nitrogens is 1. The van der Waals surface area contributed by atoms with Crippen LogP contribution in [0.15, 0.2) is 30.7 Å². The largest absolute Gasteiger partial charge is 0.336 e. The molecule has 2 rings (SSSR count). The number of aromatic nitrogens is 3. The lowest BCUT2D eigenvalue weighted by Gasteiger charge is -2.16. The first-order chi connectivity index (χ1) is 8.18. The van der Waals surface area contributed by atoms with Gasteiger partial charge in [0.05, 0.1) is 6.20 Å². The fourth-order valence-electron chi connectivity index (χ4n) is 1.60. The molecule has 0 saturated carbocycles. The van der Waals surface area contributed by atoms with E-state index in [2.05, 4.69) is 15.2 Å². The van der Waals surface area contributed by atoms with Crippen LogP contribution in [0.3, 0.4) is 0 Å². The Hall–Kier alpha value is -2.17. The molecule has 0 atom stereocenters. The summed E-state index contributed by atoms with van der Waals surface area (Å²) in [5.74, 6) is -0.0794. The van der Waals surface area contributed by atoms with Crippen LogP contribution < -0.4 is 0 Å². The molecule has 0 saturated heterocycles. The Bertz CT molecular complexity index is 507. The van der Waals surface area contributed by atoms with E-state index in [1.807, 2.05) is 19.1 Å². The van der Waals surface area contributed by atoms with Gasteiger partial charge in [-0.1, -0.05) is 6.07 Å². The molecule has 88 valence electrons. The lowest BCUT2D eigenvalue weighted by atomic mass is 10.2. The van der Waals surface area contributed by atoms with E-state index in [0.29, 0.717) is 12.2 Å². The Labute approximate surface area is 99.5 Å². The number of pyridine rings is 1. The van der Waals surface area contributed by atoms with Gasteiger partial charge in [-0.3, -0.25) is 14.9 Å². The van der Waals surface area contributed by atoms with E-state index in [0.717, 1.165) is 11.1 Å². The topological polar surface area (TPSA) is 61.9 Å². The zero-order chi connectivity index (χ0) is 12.3. The van der Waals surface area contributed by atoms with Crippen LogP contribution in [0.5, 0.6) is 0 Å². The number of nitrogens with one attached hydrogen (secondary N) is 1. The first-order valence-electron chi connectivity index (χ1n) is 5.33. The maximum absolute atomic E-state index is 12.1. The van der Waals surface area contributed by atoms with Crippen molar-refractivity contribution < 1.29 is 4.79 Å². The SMILES string of the molecule is Cc1cccnc1C(=O)N(C)Cc1cn[nH]c1. The summed E-state index contributed by atoms with van der Waals surface area (Å²) >= 11 is 0. The Morgan fingerprint density at radius 1 is 1.53 bits per heavy atom. The third-order valence-corrected chi connectivity index (χ3v) is 2.53. The van der Waals surface area contributed by atoms with Crippen LogP contribution in [0.2, 0.25) is 0 Å². The molecule has 2 aromatic rings. The highest BCUT2D eigenvalue weighted by Gasteiger charge is 2.15. The smallest absolute Gasteiger partial charge is 0.272 e. The van der Waals surface area contributed by atoms with Crippen molar-refractivity contribution in [3.8, 4) is 0 Å². The van der Waals surface area contributed by atoms with Gasteiger partial charge in [-0.25, -0.2) is 0 Å². The first kappa shape index (κ1) is 11.3.